The van der Waals surface area contributed by atoms with Crippen LogP contribution in [0.1, 0.15) is 25.2 Å². The average molecular weight is 222 g/mol. The number of nitrogens with zero attached hydrogens (tertiary/aromatic N) is 2. The van der Waals surface area contributed by atoms with Gasteiger partial charge in [0.2, 0.25) is 0 Å². The van der Waals surface area contributed by atoms with Crippen molar-refractivity contribution in [3.8, 4) is 0 Å². The second-order valence-corrected chi connectivity index (χ2v) is 3.50. The highest BCUT2D eigenvalue weighted by atomic mass is 16.6. The van der Waals surface area contributed by atoms with Crippen molar-refractivity contribution < 1.29 is 9.53 Å². The molecule has 0 bridgehead atoms. The first-order chi connectivity index (χ1) is 7.67. The summed E-state index contributed by atoms with van der Waals surface area (Å²) in [5.74, 6) is 0. The lowest BCUT2D eigenvalue weighted by Gasteiger charge is -2.17. The number of aryl methyl sites for hydroxylation is 1. The molecular weight excluding hydrogens is 204 g/mol. The lowest BCUT2D eigenvalue weighted by atomic mass is 10.3. The standard InChI is InChI=1S/C12H18N2O2/c1-4-14(5-2)12(15)16-9-11-8-6-7-10(3)13-11/h6-8H,4-5,9H2,1-3H3. The molecule has 1 aromatic heterocycles. The van der Waals surface area contributed by atoms with E-state index in [4.69, 9.17) is 4.74 Å². The highest BCUT2D eigenvalue weighted by molar-refractivity contribution is 5.67. The number of pyridine rings is 1. The minimum atomic E-state index is -0.284. The normalized spacial score (nSPS) is 9.94. The Hall–Kier alpha value is -1.58. The summed E-state index contributed by atoms with van der Waals surface area (Å²) in [4.78, 5) is 17.4. The summed E-state index contributed by atoms with van der Waals surface area (Å²) >= 11 is 0. The monoisotopic (exact) mass is 222 g/mol. The van der Waals surface area contributed by atoms with Crippen molar-refractivity contribution in [2.45, 2.75) is 27.4 Å². The van der Waals surface area contributed by atoms with Crippen LogP contribution in [0.15, 0.2) is 18.2 Å². The van der Waals surface area contributed by atoms with Gasteiger partial charge in [0.15, 0.2) is 0 Å². The molecule has 0 N–H and O–H groups in total. The fraction of sp³-hybridized carbons (Fsp3) is 0.500. The Kier molecular flexibility index (Phi) is 4.76. The third-order valence-corrected chi connectivity index (χ3v) is 2.31. The molecule has 0 fully saturated rings. The van der Waals surface area contributed by atoms with E-state index in [1.54, 1.807) is 4.90 Å². The molecule has 0 unspecified atom stereocenters. The molecule has 0 atom stereocenters. The molecule has 0 aromatic carbocycles. The molecule has 4 nitrogen and oxygen atoms in total. The number of hydrogen-bond donors (Lipinski definition) is 0. The molecule has 0 spiro atoms. The summed E-state index contributed by atoms with van der Waals surface area (Å²) in [6.45, 7) is 7.32. The number of rotatable bonds is 4. The van der Waals surface area contributed by atoms with E-state index >= 15 is 0 Å². The predicted molar refractivity (Wildman–Crippen MR) is 62.1 cm³/mol. The average Bonchev–Trinajstić information content (AvgIpc) is 2.28. The Balaban J connectivity index is 2.48. The molecule has 0 saturated carbocycles. The van der Waals surface area contributed by atoms with Crippen molar-refractivity contribution in [3.63, 3.8) is 0 Å². The molecule has 88 valence electrons. The Morgan fingerprint density at radius 3 is 2.62 bits per heavy atom. The molecule has 0 radical (unpaired) electrons. The van der Waals surface area contributed by atoms with Gasteiger partial charge in [-0.3, -0.25) is 4.98 Å². The van der Waals surface area contributed by atoms with E-state index in [1.807, 2.05) is 39.0 Å². The number of amides is 1. The SMILES string of the molecule is CCN(CC)C(=O)OCc1cccc(C)n1. The summed E-state index contributed by atoms with van der Waals surface area (Å²) in [5.41, 5.74) is 1.71. The fourth-order valence-electron chi connectivity index (χ4n) is 1.39. The van der Waals surface area contributed by atoms with Crippen LogP contribution in [0.2, 0.25) is 0 Å². The van der Waals surface area contributed by atoms with Gasteiger partial charge in [-0.1, -0.05) is 6.07 Å². The van der Waals surface area contributed by atoms with Gasteiger partial charge in [-0.25, -0.2) is 4.79 Å². The predicted octanol–water partition coefficient (Wildman–Crippen LogP) is 2.37. The maximum Gasteiger partial charge on any atom is 0.410 e. The number of carbonyl (C=O) groups excluding carboxylic acids is 1. The van der Waals surface area contributed by atoms with Gasteiger partial charge in [-0.2, -0.15) is 0 Å². The van der Waals surface area contributed by atoms with Crippen LogP contribution in [-0.2, 0) is 11.3 Å². The summed E-state index contributed by atoms with van der Waals surface area (Å²) < 4.78 is 5.15. The zero-order valence-electron chi connectivity index (χ0n) is 10.1. The summed E-state index contributed by atoms with van der Waals surface area (Å²) in [6.07, 6.45) is -0.284. The quantitative estimate of drug-likeness (QED) is 0.785. The van der Waals surface area contributed by atoms with Gasteiger partial charge in [-0.15, -0.1) is 0 Å². The third kappa shape index (κ3) is 3.53. The summed E-state index contributed by atoms with van der Waals surface area (Å²) in [7, 11) is 0. The summed E-state index contributed by atoms with van der Waals surface area (Å²) in [6, 6.07) is 5.67. The van der Waals surface area contributed by atoms with Gasteiger partial charge in [0.05, 0.1) is 5.69 Å². The molecule has 1 aromatic rings. The molecule has 0 saturated heterocycles. The molecule has 0 aliphatic carbocycles. The first-order valence-electron chi connectivity index (χ1n) is 5.51. The van der Waals surface area contributed by atoms with Crippen LogP contribution >= 0.6 is 0 Å². The number of carbonyl (C=O) groups is 1. The molecule has 16 heavy (non-hydrogen) atoms. The minimum absolute atomic E-state index is 0.233. The van der Waals surface area contributed by atoms with Crippen LogP contribution < -0.4 is 0 Å². The van der Waals surface area contributed by atoms with E-state index in [2.05, 4.69) is 4.98 Å². The van der Waals surface area contributed by atoms with Crippen LogP contribution in [-0.4, -0.2) is 29.1 Å². The Morgan fingerprint density at radius 2 is 2.06 bits per heavy atom. The zero-order chi connectivity index (χ0) is 12.0. The van der Waals surface area contributed by atoms with Crippen LogP contribution in [0.5, 0.6) is 0 Å². The van der Waals surface area contributed by atoms with Gasteiger partial charge in [0, 0.05) is 18.8 Å². The van der Waals surface area contributed by atoms with Crippen molar-refractivity contribution in [2.24, 2.45) is 0 Å². The van der Waals surface area contributed by atoms with Gasteiger partial charge in [0.1, 0.15) is 6.61 Å². The van der Waals surface area contributed by atoms with Crippen molar-refractivity contribution in [1.29, 1.82) is 0 Å². The summed E-state index contributed by atoms with van der Waals surface area (Å²) in [5, 5.41) is 0. The highest BCUT2D eigenvalue weighted by Crippen LogP contribution is 2.02. The number of hydrogen-bond acceptors (Lipinski definition) is 3. The van der Waals surface area contributed by atoms with E-state index in [0.717, 1.165) is 11.4 Å². The largest absolute Gasteiger partial charge is 0.443 e. The first-order valence-corrected chi connectivity index (χ1v) is 5.51. The van der Waals surface area contributed by atoms with Crippen LogP contribution in [0.25, 0.3) is 0 Å². The van der Waals surface area contributed by atoms with E-state index < -0.39 is 0 Å². The van der Waals surface area contributed by atoms with Crippen LogP contribution in [0.4, 0.5) is 4.79 Å². The maximum atomic E-state index is 11.5. The molecule has 4 heteroatoms. The molecule has 1 amide bonds. The van der Waals surface area contributed by atoms with Gasteiger partial charge < -0.3 is 9.64 Å². The molecule has 0 aliphatic rings. The zero-order valence-corrected chi connectivity index (χ0v) is 10.1. The Morgan fingerprint density at radius 1 is 1.38 bits per heavy atom. The van der Waals surface area contributed by atoms with Crippen LogP contribution in [0.3, 0.4) is 0 Å². The van der Waals surface area contributed by atoms with Gasteiger partial charge in [-0.05, 0) is 32.9 Å². The number of aromatic nitrogens is 1. The van der Waals surface area contributed by atoms with Crippen LogP contribution in [0, 0.1) is 6.92 Å². The highest BCUT2D eigenvalue weighted by Gasteiger charge is 2.10. The lowest BCUT2D eigenvalue weighted by Crippen LogP contribution is -2.31. The van der Waals surface area contributed by atoms with E-state index in [9.17, 15) is 4.79 Å². The van der Waals surface area contributed by atoms with E-state index in [1.165, 1.54) is 0 Å². The third-order valence-electron chi connectivity index (χ3n) is 2.31. The fourth-order valence-corrected chi connectivity index (χ4v) is 1.39. The molecular formula is C12H18N2O2. The van der Waals surface area contributed by atoms with Crippen molar-refractivity contribution in [3.05, 3.63) is 29.6 Å². The lowest BCUT2D eigenvalue weighted by molar-refractivity contribution is 0.0987. The molecule has 1 heterocycles. The molecule has 0 aliphatic heterocycles. The number of ether oxygens (including phenoxy) is 1. The van der Waals surface area contributed by atoms with Crippen molar-refractivity contribution >= 4 is 6.09 Å². The topological polar surface area (TPSA) is 42.4 Å². The van der Waals surface area contributed by atoms with Gasteiger partial charge >= 0.3 is 6.09 Å². The second kappa shape index (κ2) is 6.10. The Labute approximate surface area is 96.2 Å². The van der Waals surface area contributed by atoms with Crippen molar-refractivity contribution in [1.82, 2.24) is 9.88 Å². The minimum Gasteiger partial charge on any atom is -0.443 e. The molecule has 1 rings (SSSR count). The smallest absolute Gasteiger partial charge is 0.410 e. The second-order valence-electron chi connectivity index (χ2n) is 3.50. The first kappa shape index (κ1) is 12.5. The Bertz CT molecular complexity index is 349. The van der Waals surface area contributed by atoms with Crippen molar-refractivity contribution in [2.75, 3.05) is 13.1 Å². The van der Waals surface area contributed by atoms with Gasteiger partial charge in [0.25, 0.3) is 0 Å². The van der Waals surface area contributed by atoms with E-state index in [0.29, 0.717) is 13.1 Å². The van der Waals surface area contributed by atoms with E-state index in [-0.39, 0.29) is 12.7 Å². The maximum absolute atomic E-state index is 11.5.